The summed E-state index contributed by atoms with van der Waals surface area (Å²) in [7, 11) is -3.77. The molecule has 0 aliphatic carbocycles. The average molecular weight is 494 g/mol. The molecule has 0 saturated heterocycles. The third-order valence-corrected chi connectivity index (χ3v) is 7.33. The van der Waals surface area contributed by atoms with Crippen LogP contribution in [0.4, 0.5) is 5.69 Å². The number of amides is 1. The minimum atomic E-state index is -3.77. The van der Waals surface area contributed by atoms with Gasteiger partial charge in [-0.25, -0.2) is 8.42 Å². The van der Waals surface area contributed by atoms with E-state index >= 15 is 0 Å². The summed E-state index contributed by atoms with van der Waals surface area (Å²) in [6.07, 6.45) is 1.74. The Balaban J connectivity index is 1.68. The minimum Gasteiger partial charge on any atom is -0.494 e. The van der Waals surface area contributed by atoms with Gasteiger partial charge in [-0.05, 0) is 55.5 Å². The first kappa shape index (κ1) is 23.5. The molecule has 0 bridgehead atoms. The van der Waals surface area contributed by atoms with Crippen molar-refractivity contribution in [2.75, 3.05) is 11.3 Å². The van der Waals surface area contributed by atoms with Gasteiger partial charge in [-0.15, -0.1) is 6.58 Å². The highest BCUT2D eigenvalue weighted by molar-refractivity contribution is 7.92. The Morgan fingerprint density at radius 3 is 2.65 bits per heavy atom. The quantitative estimate of drug-likeness (QED) is 0.356. The molecule has 1 aromatic heterocycles. The lowest BCUT2D eigenvalue weighted by atomic mass is 10.2. The monoisotopic (exact) mass is 493 g/mol. The van der Waals surface area contributed by atoms with E-state index < -0.39 is 15.9 Å². The topological polar surface area (TPSA) is 89.8 Å². The van der Waals surface area contributed by atoms with Crippen LogP contribution in [0, 0.1) is 0 Å². The molecule has 1 heterocycles. The Morgan fingerprint density at radius 2 is 1.91 bits per heavy atom. The minimum absolute atomic E-state index is 0.138. The summed E-state index contributed by atoms with van der Waals surface area (Å²) >= 11 is 1.37. The maximum Gasteiger partial charge on any atom is 0.279 e. The van der Waals surface area contributed by atoms with Crippen molar-refractivity contribution in [3.63, 3.8) is 0 Å². The fourth-order valence-electron chi connectivity index (χ4n) is 3.38. The first-order valence-corrected chi connectivity index (χ1v) is 12.9. The van der Waals surface area contributed by atoms with Crippen molar-refractivity contribution < 1.29 is 17.9 Å². The average Bonchev–Trinajstić information content (AvgIpc) is 3.16. The number of thiazole rings is 1. The van der Waals surface area contributed by atoms with E-state index in [2.05, 4.69) is 16.3 Å². The number of anilines is 1. The van der Waals surface area contributed by atoms with Gasteiger partial charge < -0.3 is 9.30 Å². The number of allylic oxidation sites excluding steroid dienone is 1. The lowest BCUT2D eigenvalue weighted by Crippen LogP contribution is -2.16. The predicted molar refractivity (Wildman–Crippen MR) is 135 cm³/mol. The smallest absolute Gasteiger partial charge is 0.279 e. The number of ether oxygens (including phenoxy) is 1. The zero-order valence-electron chi connectivity index (χ0n) is 18.5. The van der Waals surface area contributed by atoms with E-state index in [1.54, 1.807) is 42.5 Å². The Labute approximate surface area is 201 Å². The Hall–Kier alpha value is -3.69. The SMILES string of the molecule is C=CCn1c(=NC(=O)c2cccc(NS(=O)(=O)c3ccccc3)c2)sc2cc(OCC)ccc21. The van der Waals surface area contributed by atoms with Gasteiger partial charge in [-0.1, -0.05) is 41.7 Å². The summed E-state index contributed by atoms with van der Waals surface area (Å²) in [5.41, 5.74) is 1.47. The number of sulfonamides is 1. The number of benzene rings is 3. The van der Waals surface area contributed by atoms with Crippen LogP contribution in [0.25, 0.3) is 10.2 Å². The molecule has 3 aromatic carbocycles. The second-order valence-electron chi connectivity index (χ2n) is 7.26. The number of carbonyl (C=O) groups excluding carboxylic acids is 1. The van der Waals surface area contributed by atoms with Crippen LogP contribution < -0.4 is 14.3 Å². The third-order valence-electron chi connectivity index (χ3n) is 4.89. The van der Waals surface area contributed by atoms with Gasteiger partial charge in [-0.3, -0.25) is 9.52 Å². The van der Waals surface area contributed by atoms with E-state index in [-0.39, 0.29) is 16.1 Å². The van der Waals surface area contributed by atoms with Crippen molar-refractivity contribution in [2.45, 2.75) is 18.4 Å². The van der Waals surface area contributed by atoms with Crippen molar-refractivity contribution in [1.82, 2.24) is 4.57 Å². The van der Waals surface area contributed by atoms with Crippen molar-refractivity contribution in [1.29, 1.82) is 0 Å². The van der Waals surface area contributed by atoms with Crippen LogP contribution in [-0.2, 0) is 16.6 Å². The summed E-state index contributed by atoms with van der Waals surface area (Å²) in [4.78, 5) is 18.0. The van der Waals surface area contributed by atoms with E-state index in [9.17, 15) is 13.2 Å². The van der Waals surface area contributed by atoms with Crippen LogP contribution in [0.1, 0.15) is 17.3 Å². The number of aromatic nitrogens is 1. The van der Waals surface area contributed by atoms with Gasteiger partial charge in [0.05, 0.1) is 21.7 Å². The molecule has 0 spiro atoms. The maximum absolute atomic E-state index is 13.0. The van der Waals surface area contributed by atoms with E-state index in [0.29, 0.717) is 18.0 Å². The van der Waals surface area contributed by atoms with Crippen molar-refractivity contribution in [3.05, 3.63) is 95.8 Å². The number of carbonyl (C=O) groups is 1. The number of nitrogens with one attached hydrogen (secondary N) is 1. The number of hydrogen-bond donors (Lipinski definition) is 1. The standard InChI is InChI=1S/C25H23N3O4S2/c1-3-15-28-22-14-13-20(32-4-2)17-23(22)33-25(28)26-24(29)18-9-8-10-19(16-18)27-34(30,31)21-11-6-5-7-12-21/h3,5-14,16-17,27H,1,4,15H2,2H3. The Bertz CT molecular complexity index is 1520. The summed E-state index contributed by atoms with van der Waals surface area (Å²) < 4.78 is 36.2. The fourth-order valence-corrected chi connectivity index (χ4v) is 5.52. The fraction of sp³-hybridized carbons (Fsp3) is 0.120. The molecule has 4 rings (SSSR count). The lowest BCUT2D eigenvalue weighted by molar-refractivity contribution is 0.0998. The van der Waals surface area contributed by atoms with Gasteiger partial charge >= 0.3 is 0 Å². The number of nitrogens with zero attached hydrogens (tertiary/aromatic N) is 2. The molecular formula is C25H23N3O4S2. The van der Waals surface area contributed by atoms with Crippen LogP contribution in [-0.4, -0.2) is 25.5 Å². The summed E-state index contributed by atoms with van der Waals surface area (Å²) in [6, 6.07) is 20.1. The second kappa shape index (κ2) is 10.1. The van der Waals surface area contributed by atoms with E-state index in [0.717, 1.165) is 16.0 Å². The van der Waals surface area contributed by atoms with Gasteiger partial charge in [0.25, 0.3) is 15.9 Å². The Morgan fingerprint density at radius 1 is 1.12 bits per heavy atom. The third kappa shape index (κ3) is 5.11. The zero-order valence-corrected chi connectivity index (χ0v) is 20.1. The van der Waals surface area contributed by atoms with Crippen LogP contribution in [0.3, 0.4) is 0 Å². The van der Waals surface area contributed by atoms with Crippen LogP contribution in [0.15, 0.2) is 95.3 Å². The van der Waals surface area contributed by atoms with E-state index in [1.807, 2.05) is 29.7 Å². The van der Waals surface area contributed by atoms with Crippen LogP contribution in [0.2, 0.25) is 0 Å². The summed E-state index contributed by atoms with van der Waals surface area (Å²) in [6.45, 7) is 6.77. The molecule has 0 fully saturated rings. The molecule has 7 nitrogen and oxygen atoms in total. The number of hydrogen-bond acceptors (Lipinski definition) is 5. The summed E-state index contributed by atoms with van der Waals surface area (Å²) in [5, 5.41) is 0. The highest BCUT2D eigenvalue weighted by Crippen LogP contribution is 2.24. The zero-order chi connectivity index (χ0) is 24.1. The van der Waals surface area contributed by atoms with Gasteiger partial charge in [-0.2, -0.15) is 4.99 Å². The summed E-state index contributed by atoms with van der Waals surface area (Å²) in [5.74, 6) is 0.272. The molecule has 0 atom stereocenters. The Kier molecular flexibility index (Phi) is 6.95. The van der Waals surface area contributed by atoms with Gasteiger partial charge in [0.15, 0.2) is 4.80 Å². The van der Waals surface area contributed by atoms with Gasteiger partial charge in [0.2, 0.25) is 0 Å². The molecule has 0 saturated carbocycles. The normalized spacial score (nSPS) is 12.0. The largest absolute Gasteiger partial charge is 0.494 e. The molecule has 9 heteroatoms. The maximum atomic E-state index is 13.0. The van der Waals surface area contributed by atoms with E-state index in [1.165, 1.54) is 29.5 Å². The molecule has 0 aliphatic heterocycles. The highest BCUT2D eigenvalue weighted by atomic mass is 32.2. The first-order valence-electron chi connectivity index (χ1n) is 10.6. The van der Waals surface area contributed by atoms with Gasteiger partial charge in [0, 0.05) is 17.8 Å². The van der Waals surface area contributed by atoms with Crippen molar-refractivity contribution >= 4 is 43.2 Å². The number of rotatable bonds is 8. The van der Waals surface area contributed by atoms with Crippen LogP contribution in [0.5, 0.6) is 5.75 Å². The van der Waals surface area contributed by atoms with E-state index in [4.69, 9.17) is 4.74 Å². The first-order chi connectivity index (χ1) is 16.4. The molecule has 0 radical (unpaired) electrons. The van der Waals surface area contributed by atoms with Crippen molar-refractivity contribution in [3.8, 4) is 5.75 Å². The van der Waals surface area contributed by atoms with Crippen molar-refractivity contribution in [2.24, 2.45) is 4.99 Å². The molecule has 0 aliphatic rings. The molecule has 0 unspecified atom stereocenters. The molecule has 4 aromatic rings. The molecule has 174 valence electrons. The van der Waals surface area contributed by atoms with Crippen LogP contribution >= 0.6 is 11.3 Å². The second-order valence-corrected chi connectivity index (χ2v) is 9.95. The molecule has 1 amide bonds. The predicted octanol–water partition coefficient (Wildman–Crippen LogP) is 4.83. The molecule has 34 heavy (non-hydrogen) atoms. The molecular weight excluding hydrogens is 470 g/mol. The number of fused-ring (bicyclic) bond motifs is 1. The lowest BCUT2D eigenvalue weighted by Gasteiger charge is -2.08. The molecule has 1 N–H and O–H groups in total. The highest BCUT2D eigenvalue weighted by Gasteiger charge is 2.15. The van der Waals surface area contributed by atoms with Gasteiger partial charge in [0.1, 0.15) is 5.75 Å².